The number of para-hydroxylation sites is 1. The van der Waals surface area contributed by atoms with Gasteiger partial charge in [0.25, 0.3) is 11.8 Å². The summed E-state index contributed by atoms with van der Waals surface area (Å²) in [7, 11) is 0. The van der Waals surface area contributed by atoms with Gasteiger partial charge in [0, 0.05) is 10.3 Å². The van der Waals surface area contributed by atoms with E-state index in [9.17, 15) is 14.4 Å². The van der Waals surface area contributed by atoms with Crippen molar-refractivity contribution in [3.8, 4) is 0 Å². The molecule has 2 amide bonds. The van der Waals surface area contributed by atoms with E-state index in [1.807, 2.05) is 0 Å². The van der Waals surface area contributed by atoms with Crippen LogP contribution in [0, 0.1) is 0 Å². The van der Waals surface area contributed by atoms with Crippen LogP contribution in [-0.2, 0) is 12.8 Å². The van der Waals surface area contributed by atoms with Crippen LogP contribution >= 0.6 is 11.3 Å². The van der Waals surface area contributed by atoms with Gasteiger partial charge in [-0.25, -0.2) is 4.79 Å². The average Bonchev–Trinajstić information content (AvgIpc) is 2.82. The summed E-state index contributed by atoms with van der Waals surface area (Å²) < 4.78 is 5.22. The first-order valence-electron chi connectivity index (χ1n) is 8.83. The topological polar surface area (TPSA) is 102 Å². The van der Waals surface area contributed by atoms with E-state index >= 15 is 0 Å². The lowest BCUT2D eigenvalue weighted by Crippen LogP contribution is -2.22. The Balaban J connectivity index is 1.72. The molecule has 3 N–H and O–H groups in total. The van der Waals surface area contributed by atoms with Crippen molar-refractivity contribution in [3.63, 3.8) is 0 Å². The lowest BCUT2D eigenvalue weighted by molar-refractivity contribution is 0.100. The molecule has 27 heavy (non-hydrogen) atoms. The van der Waals surface area contributed by atoms with E-state index in [1.54, 1.807) is 24.3 Å². The maximum Gasteiger partial charge on any atom is 0.349 e. The molecule has 0 radical (unpaired) electrons. The van der Waals surface area contributed by atoms with E-state index in [-0.39, 0.29) is 5.56 Å². The third-order valence-electron chi connectivity index (χ3n) is 4.78. The number of nitrogens with one attached hydrogen (secondary N) is 1. The second kappa shape index (κ2) is 7.00. The van der Waals surface area contributed by atoms with Gasteiger partial charge in [-0.15, -0.1) is 11.3 Å². The van der Waals surface area contributed by atoms with E-state index in [0.29, 0.717) is 21.5 Å². The van der Waals surface area contributed by atoms with Crippen molar-refractivity contribution in [1.29, 1.82) is 0 Å². The Bertz CT molecular complexity index is 1110. The van der Waals surface area contributed by atoms with Crippen LogP contribution in [-0.4, -0.2) is 11.8 Å². The number of carbonyl (C=O) groups is 2. The van der Waals surface area contributed by atoms with Crippen LogP contribution in [0.3, 0.4) is 0 Å². The second-order valence-electron chi connectivity index (χ2n) is 6.57. The first kappa shape index (κ1) is 17.5. The minimum absolute atomic E-state index is 0.104. The number of hydrogen-bond donors (Lipinski definition) is 2. The second-order valence-corrected chi connectivity index (χ2v) is 7.68. The number of benzene rings is 1. The van der Waals surface area contributed by atoms with Crippen molar-refractivity contribution in [2.45, 2.75) is 32.1 Å². The highest BCUT2D eigenvalue weighted by Crippen LogP contribution is 2.37. The normalized spacial score (nSPS) is 13.8. The van der Waals surface area contributed by atoms with E-state index < -0.39 is 17.4 Å². The summed E-state index contributed by atoms with van der Waals surface area (Å²) >= 11 is 1.37. The molecule has 7 heteroatoms. The molecule has 6 nitrogen and oxygen atoms in total. The van der Waals surface area contributed by atoms with Crippen LogP contribution in [0.5, 0.6) is 0 Å². The number of fused-ring (bicyclic) bond motifs is 2. The molecule has 0 fully saturated rings. The van der Waals surface area contributed by atoms with Crippen LogP contribution in [0.25, 0.3) is 11.0 Å². The number of aryl methyl sites for hydroxylation is 1. The first-order valence-corrected chi connectivity index (χ1v) is 9.65. The Kier molecular flexibility index (Phi) is 4.53. The molecule has 4 rings (SSSR count). The van der Waals surface area contributed by atoms with Crippen molar-refractivity contribution in [1.82, 2.24) is 0 Å². The third kappa shape index (κ3) is 3.26. The Hall–Kier alpha value is -2.93. The van der Waals surface area contributed by atoms with Gasteiger partial charge in [0.15, 0.2) is 0 Å². The first-order chi connectivity index (χ1) is 13.0. The zero-order chi connectivity index (χ0) is 19.0. The van der Waals surface area contributed by atoms with E-state index in [1.165, 1.54) is 17.4 Å². The van der Waals surface area contributed by atoms with Gasteiger partial charge in [-0.1, -0.05) is 24.6 Å². The van der Waals surface area contributed by atoms with E-state index in [0.717, 1.165) is 42.5 Å². The number of amides is 2. The molecule has 0 saturated heterocycles. The van der Waals surface area contributed by atoms with Crippen molar-refractivity contribution < 1.29 is 14.0 Å². The Morgan fingerprint density at radius 2 is 1.89 bits per heavy atom. The number of nitrogens with two attached hydrogens (primary N) is 1. The van der Waals surface area contributed by atoms with Crippen LogP contribution in [0.4, 0.5) is 5.00 Å². The number of anilines is 1. The fourth-order valence-electron chi connectivity index (χ4n) is 3.48. The Morgan fingerprint density at radius 3 is 2.70 bits per heavy atom. The van der Waals surface area contributed by atoms with Crippen molar-refractivity contribution in [2.75, 3.05) is 5.32 Å². The molecule has 0 spiro atoms. The zero-order valence-corrected chi connectivity index (χ0v) is 15.4. The quantitative estimate of drug-likeness (QED) is 0.535. The summed E-state index contributed by atoms with van der Waals surface area (Å²) in [5, 5.41) is 3.77. The Labute approximate surface area is 159 Å². The van der Waals surface area contributed by atoms with Crippen molar-refractivity contribution >= 4 is 39.1 Å². The molecule has 0 saturated carbocycles. The van der Waals surface area contributed by atoms with Crippen LogP contribution < -0.4 is 16.7 Å². The molecule has 2 heterocycles. The van der Waals surface area contributed by atoms with Gasteiger partial charge in [0.05, 0.1) is 5.56 Å². The van der Waals surface area contributed by atoms with Gasteiger partial charge in [-0.3, -0.25) is 9.59 Å². The number of hydrogen-bond acceptors (Lipinski definition) is 5. The molecule has 0 unspecified atom stereocenters. The molecule has 1 aliphatic rings. The van der Waals surface area contributed by atoms with Crippen LogP contribution in [0.1, 0.15) is 50.4 Å². The standard InChI is InChI=1S/C20H18N2O4S/c21-17(23)16-12-7-2-1-3-9-15(12)27-19(16)22-18(24)13-10-11-6-4-5-8-14(11)26-20(13)25/h4-6,8,10H,1-3,7,9H2,(H2,21,23)(H,22,24). The minimum atomic E-state index is -0.718. The highest BCUT2D eigenvalue weighted by Gasteiger charge is 2.25. The fraction of sp³-hybridized carbons (Fsp3) is 0.250. The summed E-state index contributed by atoms with van der Waals surface area (Å²) in [6.07, 6.45) is 4.80. The summed E-state index contributed by atoms with van der Waals surface area (Å²) in [5.74, 6) is -1.16. The summed E-state index contributed by atoms with van der Waals surface area (Å²) in [6.45, 7) is 0. The molecule has 0 aliphatic heterocycles. The lowest BCUT2D eigenvalue weighted by atomic mass is 10.1. The maximum atomic E-state index is 12.7. The molecular weight excluding hydrogens is 364 g/mol. The van der Waals surface area contributed by atoms with Gasteiger partial charge >= 0.3 is 5.63 Å². The molecule has 138 valence electrons. The number of rotatable bonds is 3. The molecule has 2 aromatic heterocycles. The SMILES string of the molecule is NC(=O)c1c(NC(=O)c2cc3ccccc3oc2=O)sc2c1CCCCC2. The van der Waals surface area contributed by atoms with Crippen molar-refractivity contribution in [3.05, 3.63) is 62.3 Å². The van der Waals surface area contributed by atoms with E-state index in [4.69, 9.17) is 10.2 Å². The Morgan fingerprint density at radius 1 is 1.11 bits per heavy atom. The molecule has 1 aromatic carbocycles. The highest BCUT2D eigenvalue weighted by molar-refractivity contribution is 7.17. The minimum Gasteiger partial charge on any atom is -0.422 e. The number of thiophene rings is 1. The summed E-state index contributed by atoms with van der Waals surface area (Å²) in [5.41, 5.74) is 6.49. The predicted molar refractivity (Wildman–Crippen MR) is 105 cm³/mol. The third-order valence-corrected chi connectivity index (χ3v) is 5.99. The van der Waals surface area contributed by atoms with Gasteiger partial charge in [-0.2, -0.15) is 0 Å². The summed E-state index contributed by atoms with van der Waals surface area (Å²) in [6, 6.07) is 8.48. The highest BCUT2D eigenvalue weighted by atomic mass is 32.1. The maximum absolute atomic E-state index is 12.7. The van der Waals surface area contributed by atoms with Crippen molar-refractivity contribution in [2.24, 2.45) is 5.73 Å². The van der Waals surface area contributed by atoms with E-state index in [2.05, 4.69) is 5.32 Å². The summed E-state index contributed by atoms with van der Waals surface area (Å²) in [4.78, 5) is 38.0. The number of primary amides is 1. The van der Waals surface area contributed by atoms with Gasteiger partial charge in [0.1, 0.15) is 16.1 Å². The molecule has 1 aliphatic carbocycles. The molecule has 0 atom stereocenters. The van der Waals surface area contributed by atoms with Crippen LogP contribution in [0.2, 0.25) is 0 Å². The van der Waals surface area contributed by atoms with Gasteiger partial charge < -0.3 is 15.5 Å². The fourth-order valence-corrected chi connectivity index (χ4v) is 4.77. The molecule has 3 aromatic rings. The predicted octanol–water partition coefficient (Wildman–Crippen LogP) is 3.47. The van der Waals surface area contributed by atoms with Gasteiger partial charge in [0.2, 0.25) is 0 Å². The number of carbonyl (C=O) groups excluding carboxylic acids is 2. The molecule has 0 bridgehead atoms. The molecular formula is C20H18N2O4S. The average molecular weight is 382 g/mol. The van der Waals surface area contributed by atoms with Gasteiger partial charge in [-0.05, 0) is 43.4 Å². The monoisotopic (exact) mass is 382 g/mol. The van der Waals surface area contributed by atoms with Crippen LogP contribution in [0.15, 0.2) is 39.5 Å². The largest absolute Gasteiger partial charge is 0.422 e. The lowest BCUT2D eigenvalue weighted by Gasteiger charge is -2.06. The zero-order valence-electron chi connectivity index (χ0n) is 14.5. The smallest absolute Gasteiger partial charge is 0.349 e.